The second kappa shape index (κ2) is 9.88. The minimum atomic E-state index is 0.381. The van der Waals surface area contributed by atoms with E-state index in [-0.39, 0.29) is 0 Å². The monoisotopic (exact) mass is 383 g/mol. The van der Waals surface area contributed by atoms with Crippen LogP contribution in [0.15, 0.2) is 47.5 Å². The average molecular weight is 383 g/mol. The Hall–Kier alpha value is -2.89. The minimum Gasteiger partial charge on any atom is -0.493 e. The van der Waals surface area contributed by atoms with Crippen molar-refractivity contribution in [1.82, 2.24) is 0 Å². The van der Waals surface area contributed by atoms with Crippen molar-refractivity contribution in [2.45, 2.75) is 26.7 Å². The van der Waals surface area contributed by atoms with Crippen LogP contribution in [0.5, 0.6) is 17.2 Å². The summed E-state index contributed by atoms with van der Waals surface area (Å²) in [5, 5.41) is 3.11. The molecule has 0 atom stereocenters. The fraction of sp³-hybridized carbons (Fsp3) is 0.409. The highest BCUT2D eigenvalue weighted by molar-refractivity contribution is 5.92. The quantitative estimate of drug-likeness (QED) is 0.561. The number of guanidine groups is 1. The van der Waals surface area contributed by atoms with E-state index < -0.39 is 0 Å². The first kappa shape index (κ1) is 19.9. The Labute approximate surface area is 166 Å². The van der Waals surface area contributed by atoms with E-state index in [9.17, 15) is 0 Å². The van der Waals surface area contributed by atoms with Crippen molar-refractivity contribution >= 4 is 11.6 Å². The second-order valence-corrected chi connectivity index (χ2v) is 7.20. The molecule has 0 bridgehead atoms. The fourth-order valence-electron chi connectivity index (χ4n) is 2.75. The number of hydrogen-bond donors (Lipinski definition) is 2. The molecule has 0 amide bonds. The van der Waals surface area contributed by atoms with E-state index in [1.807, 2.05) is 30.3 Å². The number of ether oxygens (including phenoxy) is 3. The topological polar surface area (TPSA) is 78.1 Å². The van der Waals surface area contributed by atoms with E-state index in [1.54, 1.807) is 0 Å². The lowest BCUT2D eigenvalue weighted by Gasteiger charge is -2.11. The van der Waals surface area contributed by atoms with Crippen LogP contribution >= 0.6 is 0 Å². The molecule has 2 aromatic carbocycles. The van der Waals surface area contributed by atoms with Crippen LogP contribution in [0, 0.1) is 5.92 Å². The Morgan fingerprint density at radius 2 is 1.86 bits per heavy atom. The van der Waals surface area contributed by atoms with Gasteiger partial charge in [0.15, 0.2) is 17.5 Å². The number of rotatable bonds is 7. The zero-order chi connectivity index (χ0) is 19.8. The summed E-state index contributed by atoms with van der Waals surface area (Å²) in [7, 11) is 0. The predicted octanol–water partition coefficient (Wildman–Crippen LogP) is 3.85. The number of hydrogen-bond acceptors (Lipinski definition) is 4. The number of fused-ring (bicyclic) bond motifs is 1. The molecule has 0 saturated heterocycles. The summed E-state index contributed by atoms with van der Waals surface area (Å²) in [5.74, 6) is 3.29. The maximum Gasteiger partial charge on any atom is 0.193 e. The Morgan fingerprint density at radius 1 is 1.11 bits per heavy atom. The highest BCUT2D eigenvalue weighted by Crippen LogP contribution is 2.32. The van der Waals surface area contributed by atoms with Crippen LogP contribution in [-0.2, 0) is 6.42 Å². The van der Waals surface area contributed by atoms with Crippen LogP contribution in [0.2, 0.25) is 0 Å². The summed E-state index contributed by atoms with van der Waals surface area (Å²) in [6.45, 7) is 6.94. The van der Waals surface area contributed by atoms with Crippen LogP contribution in [0.25, 0.3) is 0 Å². The third-order valence-electron chi connectivity index (χ3n) is 4.21. The van der Waals surface area contributed by atoms with Gasteiger partial charge in [0.25, 0.3) is 0 Å². The molecule has 0 fully saturated rings. The zero-order valence-electron chi connectivity index (χ0n) is 16.6. The standard InChI is InChI=1S/C22H29N3O3/c1-16(2)15-28-19-7-4-17(5-8-19)10-11-24-22(23)25-18-6-9-20-21(14-18)27-13-3-12-26-20/h4-9,14,16H,3,10-13,15H2,1-2H3,(H3,23,24,25). The lowest BCUT2D eigenvalue weighted by Crippen LogP contribution is -2.23. The average Bonchev–Trinajstić information content (AvgIpc) is 2.92. The van der Waals surface area contributed by atoms with Gasteiger partial charge in [0, 0.05) is 24.7 Å². The Bertz CT molecular complexity index is 788. The van der Waals surface area contributed by atoms with Gasteiger partial charge in [-0.3, -0.25) is 4.99 Å². The van der Waals surface area contributed by atoms with Crippen LogP contribution < -0.4 is 25.3 Å². The molecule has 28 heavy (non-hydrogen) atoms. The molecule has 2 aromatic rings. The summed E-state index contributed by atoms with van der Waals surface area (Å²) in [6.07, 6.45) is 1.69. The van der Waals surface area contributed by atoms with Gasteiger partial charge >= 0.3 is 0 Å². The molecule has 1 heterocycles. The lowest BCUT2D eigenvalue weighted by molar-refractivity contribution is 0.271. The fourth-order valence-corrected chi connectivity index (χ4v) is 2.75. The molecule has 0 unspecified atom stereocenters. The maximum absolute atomic E-state index is 6.02. The molecule has 150 valence electrons. The second-order valence-electron chi connectivity index (χ2n) is 7.20. The first-order valence-corrected chi connectivity index (χ1v) is 9.78. The van der Waals surface area contributed by atoms with E-state index in [2.05, 4.69) is 36.3 Å². The number of nitrogens with zero attached hydrogens (tertiary/aromatic N) is 1. The normalized spacial score (nSPS) is 13.9. The van der Waals surface area contributed by atoms with Gasteiger partial charge < -0.3 is 25.3 Å². The maximum atomic E-state index is 6.02. The number of anilines is 1. The Morgan fingerprint density at radius 3 is 2.61 bits per heavy atom. The van der Waals surface area contributed by atoms with E-state index in [1.165, 1.54) is 5.56 Å². The SMILES string of the molecule is CC(C)COc1ccc(CCN=C(N)Nc2ccc3c(c2)OCCCO3)cc1. The highest BCUT2D eigenvalue weighted by atomic mass is 16.5. The third-order valence-corrected chi connectivity index (χ3v) is 4.21. The van der Waals surface area contributed by atoms with Crippen LogP contribution in [-0.4, -0.2) is 32.3 Å². The van der Waals surface area contributed by atoms with Gasteiger partial charge in [-0.05, 0) is 42.2 Å². The molecule has 1 aliphatic heterocycles. The summed E-state index contributed by atoms with van der Waals surface area (Å²) >= 11 is 0. The Kier molecular flexibility index (Phi) is 7.00. The number of nitrogens with two attached hydrogens (primary N) is 1. The van der Waals surface area contributed by atoms with Gasteiger partial charge in [0.2, 0.25) is 0 Å². The van der Waals surface area contributed by atoms with E-state index in [0.29, 0.717) is 31.6 Å². The lowest BCUT2D eigenvalue weighted by atomic mass is 10.1. The molecule has 0 spiro atoms. The minimum absolute atomic E-state index is 0.381. The molecular formula is C22H29N3O3. The van der Waals surface area contributed by atoms with Gasteiger partial charge in [-0.2, -0.15) is 0 Å². The molecule has 0 aliphatic carbocycles. The van der Waals surface area contributed by atoms with Crippen LogP contribution in [0.3, 0.4) is 0 Å². The molecular weight excluding hydrogens is 354 g/mol. The van der Waals surface area contributed by atoms with Crippen molar-refractivity contribution < 1.29 is 14.2 Å². The first-order chi connectivity index (χ1) is 13.6. The molecule has 0 aromatic heterocycles. The summed E-state index contributed by atoms with van der Waals surface area (Å²) < 4.78 is 17.0. The van der Waals surface area contributed by atoms with Crippen LogP contribution in [0.4, 0.5) is 5.69 Å². The third kappa shape index (κ3) is 6.08. The molecule has 3 rings (SSSR count). The predicted molar refractivity (Wildman–Crippen MR) is 113 cm³/mol. The van der Waals surface area contributed by atoms with Gasteiger partial charge in [0.1, 0.15) is 5.75 Å². The summed E-state index contributed by atoms with van der Waals surface area (Å²) in [6, 6.07) is 13.8. The Balaban J connectivity index is 1.49. The molecule has 3 N–H and O–H groups in total. The smallest absolute Gasteiger partial charge is 0.193 e. The first-order valence-electron chi connectivity index (χ1n) is 9.78. The van der Waals surface area contributed by atoms with Crippen molar-refractivity contribution in [3.05, 3.63) is 48.0 Å². The van der Waals surface area contributed by atoms with Crippen molar-refractivity contribution in [1.29, 1.82) is 0 Å². The number of aliphatic imine (C=N–C) groups is 1. The van der Waals surface area contributed by atoms with Gasteiger partial charge in [-0.15, -0.1) is 0 Å². The van der Waals surface area contributed by atoms with E-state index >= 15 is 0 Å². The molecule has 1 aliphatic rings. The van der Waals surface area contributed by atoms with Crippen molar-refractivity contribution in [2.24, 2.45) is 16.6 Å². The number of benzene rings is 2. The van der Waals surface area contributed by atoms with Gasteiger partial charge in [0.05, 0.1) is 19.8 Å². The highest BCUT2D eigenvalue weighted by Gasteiger charge is 2.10. The van der Waals surface area contributed by atoms with Crippen LogP contribution in [0.1, 0.15) is 25.8 Å². The van der Waals surface area contributed by atoms with Gasteiger partial charge in [-0.1, -0.05) is 26.0 Å². The number of nitrogens with one attached hydrogen (secondary N) is 1. The molecule has 0 radical (unpaired) electrons. The zero-order valence-corrected chi connectivity index (χ0v) is 16.6. The van der Waals surface area contributed by atoms with Crippen molar-refractivity contribution in [2.75, 3.05) is 31.7 Å². The summed E-state index contributed by atoms with van der Waals surface area (Å²) in [5.41, 5.74) is 8.04. The van der Waals surface area contributed by atoms with E-state index in [0.717, 1.165) is 42.4 Å². The molecule has 6 heteroatoms. The van der Waals surface area contributed by atoms with E-state index in [4.69, 9.17) is 19.9 Å². The van der Waals surface area contributed by atoms with Crippen molar-refractivity contribution in [3.8, 4) is 17.2 Å². The van der Waals surface area contributed by atoms with Gasteiger partial charge in [-0.25, -0.2) is 0 Å². The largest absolute Gasteiger partial charge is 0.493 e. The summed E-state index contributed by atoms with van der Waals surface area (Å²) in [4.78, 5) is 4.41. The molecule has 0 saturated carbocycles. The van der Waals surface area contributed by atoms with Crippen molar-refractivity contribution in [3.63, 3.8) is 0 Å². The molecule has 6 nitrogen and oxygen atoms in total.